The average molecular weight is 210 g/mol. The lowest BCUT2D eigenvalue weighted by Crippen LogP contribution is -1.97. The topological polar surface area (TPSA) is 26.5 Å². The Hall–Kier alpha value is -1.03. The van der Waals surface area contributed by atoms with Gasteiger partial charge in [-0.2, -0.15) is 0 Å². The van der Waals surface area contributed by atoms with Crippen molar-refractivity contribution >= 4 is 16.2 Å². The van der Waals surface area contributed by atoms with Gasteiger partial charge in [-0.15, -0.1) is 16.4 Å². The lowest BCUT2D eigenvalue weighted by molar-refractivity contribution is 0.296. The molecule has 0 aliphatic heterocycles. The summed E-state index contributed by atoms with van der Waals surface area (Å²) in [5.74, 6) is 0.744. The van der Waals surface area contributed by atoms with Crippen LogP contribution in [0.3, 0.4) is 0 Å². The first-order chi connectivity index (χ1) is 6.81. The maximum atomic E-state index is 5.52. The van der Waals surface area contributed by atoms with E-state index in [0.29, 0.717) is 0 Å². The first-order valence-electron chi connectivity index (χ1n) is 4.88. The molecule has 0 fully saturated rings. The fourth-order valence-electron chi connectivity index (χ4n) is 1.27. The molecule has 0 aliphatic rings. The number of hydrogen-bond acceptors (Lipinski definition) is 3. The van der Waals surface area contributed by atoms with Gasteiger partial charge in [-0.05, 0) is 13.3 Å². The number of aryl methyl sites for hydroxylation is 1. The first kappa shape index (κ1) is 9.52. The second-order valence-corrected chi connectivity index (χ2v) is 4.20. The Morgan fingerprint density at radius 2 is 2.43 bits per heavy atom. The normalized spacial score (nSPS) is 11.0. The minimum Gasteiger partial charge on any atom is -0.477 e. The SMILES string of the molecule is CCCCOc1cc2scc(C)n2n1. The van der Waals surface area contributed by atoms with Gasteiger partial charge in [0.1, 0.15) is 4.83 Å². The summed E-state index contributed by atoms with van der Waals surface area (Å²) >= 11 is 1.69. The van der Waals surface area contributed by atoms with Crippen molar-refractivity contribution in [2.75, 3.05) is 6.61 Å². The number of nitrogens with zero attached hydrogens (tertiary/aromatic N) is 2. The first-order valence-corrected chi connectivity index (χ1v) is 5.76. The van der Waals surface area contributed by atoms with Crippen molar-refractivity contribution in [2.24, 2.45) is 0 Å². The molecule has 0 unspecified atom stereocenters. The summed E-state index contributed by atoms with van der Waals surface area (Å²) in [6, 6.07) is 1.99. The van der Waals surface area contributed by atoms with E-state index in [1.165, 1.54) is 0 Å². The Bertz CT molecular complexity index is 419. The second-order valence-electron chi connectivity index (χ2n) is 3.31. The third-order valence-corrected chi connectivity index (χ3v) is 3.08. The summed E-state index contributed by atoms with van der Waals surface area (Å²) in [5.41, 5.74) is 1.16. The van der Waals surface area contributed by atoms with E-state index in [0.717, 1.165) is 35.9 Å². The molecular weight excluding hydrogens is 196 g/mol. The van der Waals surface area contributed by atoms with Crippen LogP contribution in [-0.4, -0.2) is 16.2 Å². The van der Waals surface area contributed by atoms with Crippen molar-refractivity contribution < 1.29 is 4.74 Å². The number of rotatable bonds is 4. The van der Waals surface area contributed by atoms with E-state index in [-0.39, 0.29) is 0 Å². The number of thiazole rings is 1. The molecule has 0 bridgehead atoms. The van der Waals surface area contributed by atoms with Gasteiger partial charge < -0.3 is 4.74 Å². The molecule has 0 spiro atoms. The van der Waals surface area contributed by atoms with Crippen LogP contribution in [0, 0.1) is 6.92 Å². The minimum atomic E-state index is 0.744. The molecule has 0 aliphatic carbocycles. The summed E-state index contributed by atoms with van der Waals surface area (Å²) in [5, 5.41) is 6.44. The van der Waals surface area contributed by atoms with E-state index in [4.69, 9.17) is 4.74 Å². The zero-order chi connectivity index (χ0) is 9.97. The Kier molecular flexibility index (Phi) is 2.72. The number of hydrogen-bond donors (Lipinski definition) is 0. The van der Waals surface area contributed by atoms with Crippen LogP contribution in [0.5, 0.6) is 5.88 Å². The number of unbranched alkanes of at least 4 members (excludes halogenated alkanes) is 1. The molecule has 0 saturated carbocycles. The zero-order valence-electron chi connectivity index (χ0n) is 8.49. The molecule has 2 rings (SSSR count). The highest BCUT2D eigenvalue weighted by Crippen LogP contribution is 2.20. The monoisotopic (exact) mass is 210 g/mol. The maximum Gasteiger partial charge on any atom is 0.234 e. The van der Waals surface area contributed by atoms with E-state index in [1.54, 1.807) is 11.3 Å². The van der Waals surface area contributed by atoms with Gasteiger partial charge in [0.05, 0.1) is 12.3 Å². The van der Waals surface area contributed by atoms with Gasteiger partial charge in [-0.1, -0.05) is 13.3 Å². The van der Waals surface area contributed by atoms with Crippen molar-refractivity contribution in [3.05, 3.63) is 17.1 Å². The molecule has 2 aromatic rings. The largest absolute Gasteiger partial charge is 0.477 e. The fourth-order valence-corrected chi connectivity index (χ4v) is 2.11. The molecule has 0 aromatic carbocycles. The second kappa shape index (κ2) is 4.00. The highest BCUT2D eigenvalue weighted by Gasteiger charge is 2.05. The Balaban J connectivity index is 2.11. The van der Waals surface area contributed by atoms with E-state index >= 15 is 0 Å². The summed E-state index contributed by atoms with van der Waals surface area (Å²) in [6.45, 7) is 4.96. The van der Waals surface area contributed by atoms with Crippen molar-refractivity contribution in [3.8, 4) is 5.88 Å². The molecule has 3 nitrogen and oxygen atoms in total. The molecule has 4 heteroatoms. The summed E-state index contributed by atoms with van der Waals surface area (Å²) in [4.78, 5) is 1.15. The third-order valence-electron chi connectivity index (χ3n) is 2.09. The van der Waals surface area contributed by atoms with Crippen LogP contribution in [0.15, 0.2) is 11.4 Å². The molecule has 0 N–H and O–H groups in total. The molecule has 0 atom stereocenters. The Morgan fingerprint density at radius 1 is 1.57 bits per heavy atom. The Labute approximate surface area is 87.3 Å². The van der Waals surface area contributed by atoms with Crippen molar-refractivity contribution in [3.63, 3.8) is 0 Å². The van der Waals surface area contributed by atoms with E-state index in [1.807, 2.05) is 17.5 Å². The molecule has 76 valence electrons. The lowest BCUT2D eigenvalue weighted by Gasteiger charge is -1.98. The molecule has 0 amide bonds. The van der Waals surface area contributed by atoms with E-state index < -0.39 is 0 Å². The quantitative estimate of drug-likeness (QED) is 0.725. The van der Waals surface area contributed by atoms with Crippen LogP contribution in [0.4, 0.5) is 0 Å². The summed E-state index contributed by atoms with van der Waals surface area (Å²) < 4.78 is 7.44. The van der Waals surface area contributed by atoms with Gasteiger partial charge in [0.15, 0.2) is 0 Å². The van der Waals surface area contributed by atoms with E-state index in [9.17, 15) is 0 Å². The summed E-state index contributed by atoms with van der Waals surface area (Å²) in [6.07, 6.45) is 2.24. The molecule has 0 radical (unpaired) electrons. The smallest absolute Gasteiger partial charge is 0.234 e. The number of ether oxygens (including phenoxy) is 1. The van der Waals surface area contributed by atoms with Gasteiger partial charge >= 0.3 is 0 Å². The number of fused-ring (bicyclic) bond motifs is 1. The predicted octanol–water partition coefficient (Wildman–Crippen LogP) is 2.88. The maximum absolute atomic E-state index is 5.52. The van der Waals surface area contributed by atoms with Gasteiger partial charge in [0.25, 0.3) is 0 Å². The fraction of sp³-hybridized carbons (Fsp3) is 0.500. The number of aromatic nitrogens is 2. The summed E-state index contributed by atoms with van der Waals surface area (Å²) in [7, 11) is 0. The van der Waals surface area contributed by atoms with Crippen LogP contribution in [0.25, 0.3) is 4.83 Å². The molecule has 14 heavy (non-hydrogen) atoms. The highest BCUT2D eigenvalue weighted by molar-refractivity contribution is 7.15. The zero-order valence-corrected chi connectivity index (χ0v) is 9.30. The standard InChI is InChI=1S/C10H14N2OS/c1-3-4-5-13-9-6-10-12(11-9)8(2)7-14-10/h6-7H,3-5H2,1-2H3. The van der Waals surface area contributed by atoms with Gasteiger partial charge in [-0.25, -0.2) is 4.52 Å². The van der Waals surface area contributed by atoms with Crippen LogP contribution in [0.1, 0.15) is 25.5 Å². The average Bonchev–Trinajstić information content (AvgIpc) is 2.70. The Morgan fingerprint density at radius 3 is 3.14 bits per heavy atom. The minimum absolute atomic E-state index is 0.744. The van der Waals surface area contributed by atoms with Crippen molar-refractivity contribution in [2.45, 2.75) is 26.7 Å². The molecule has 2 aromatic heterocycles. The molecular formula is C10H14N2OS. The highest BCUT2D eigenvalue weighted by atomic mass is 32.1. The predicted molar refractivity (Wildman–Crippen MR) is 58.2 cm³/mol. The lowest BCUT2D eigenvalue weighted by atomic mass is 10.4. The van der Waals surface area contributed by atoms with Crippen molar-refractivity contribution in [1.82, 2.24) is 9.61 Å². The molecule has 2 heterocycles. The van der Waals surface area contributed by atoms with E-state index in [2.05, 4.69) is 17.4 Å². The third kappa shape index (κ3) is 1.75. The van der Waals surface area contributed by atoms with Gasteiger partial charge in [0.2, 0.25) is 5.88 Å². The van der Waals surface area contributed by atoms with Gasteiger partial charge in [-0.3, -0.25) is 0 Å². The van der Waals surface area contributed by atoms with Crippen LogP contribution in [0.2, 0.25) is 0 Å². The van der Waals surface area contributed by atoms with Crippen molar-refractivity contribution in [1.29, 1.82) is 0 Å². The van der Waals surface area contributed by atoms with Crippen LogP contribution in [-0.2, 0) is 0 Å². The van der Waals surface area contributed by atoms with Gasteiger partial charge in [0, 0.05) is 11.4 Å². The molecule has 0 saturated heterocycles. The van der Waals surface area contributed by atoms with Crippen LogP contribution >= 0.6 is 11.3 Å². The van der Waals surface area contributed by atoms with Crippen LogP contribution < -0.4 is 4.74 Å².